The fraction of sp³-hybridized carbons (Fsp3) is 0.600. The Morgan fingerprint density at radius 2 is 1.96 bits per heavy atom. The molecule has 0 aliphatic carbocycles. The maximum Gasteiger partial charge on any atom is 0.348 e. The minimum absolute atomic E-state index is 0.557. The highest BCUT2D eigenvalue weighted by molar-refractivity contribution is 7.55. The van der Waals surface area contributed by atoms with Gasteiger partial charge in [0.05, 0.1) is 5.60 Å². The van der Waals surface area contributed by atoms with E-state index in [0.29, 0.717) is 0 Å². The van der Waals surface area contributed by atoms with Gasteiger partial charge < -0.3 is 24.0 Å². The third-order valence-electron chi connectivity index (χ3n) is 3.58. The summed E-state index contributed by atoms with van der Waals surface area (Å²) in [5, 5.41) is 0. The number of H-pyrrole nitrogens is 1. The molecule has 146 valence electrons. The van der Waals surface area contributed by atoms with Crippen LogP contribution in [0.4, 0.5) is 0 Å². The number of nitrogens with one attached hydrogen (secondary N) is 1. The van der Waals surface area contributed by atoms with E-state index >= 15 is 0 Å². The van der Waals surface area contributed by atoms with Crippen LogP contribution in [0.25, 0.3) is 0 Å². The summed E-state index contributed by atoms with van der Waals surface area (Å²) >= 11 is 0. The van der Waals surface area contributed by atoms with Crippen molar-refractivity contribution < 1.29 is 28.6 Å². The molecule has 1 aliphatic rings. The van der Waals surface area contributed by atoms with Crippen molar-refractivity contribution in [3.05, 3.63) is 45.0 Å². The maximum atomic E-state index is 12.1. The van der Waals surface area contributed by atoms with Crippen molar-refractivity contribution in [2.75, 3.05) is 7.11 Å². The second-order valence-electron chi connectivity index (χ2n) is 6.83. The van der Waals surface area contributed by atoms with E-state index in [2.05, 4.69) is 4.98 Å². The van der Waals surface area contributed by atoms with Gasteiger partial charge >= 0.3 is 13.3 Å². The summed E-state index contributed by atoms with van der Waals surface area (Å²) in [4.78, 5) is 43.7. The molecule has 3 N–H and O–H groups in total. The van der Waals surface area contributed by atoms with Crippen LogP contribution in [0.2, 0.25) is 0 Å². The molecule has 0 amide bonds. The Labute approximate surface area is 149 Å². The second-order valence-corrected chi connectivity index (χ2v) is 8.31. The Morgan fingerprint density at radius 3 is 2.46 bits per heavy atom. The molecule has 1 aromatic heterocycles. The van der Waals surface area contributed by atoms with E-state index in [-0.39, 0.29) is 0 Å². The fourth-order valence-electron chi connectivity index (χ4n) is 2.66. The third-order valence-corrected chi connectivity index (χ3v) is 4.14. The standard InChI is InChI=1S/C15H23N2O8P/c1-15(2,3)25-11-9(6-8-26(20,21)22)24-13(12(11)23-4)17-7-5-10(18)16-14(17)19/h5-9,11-13H,1-4H3,(H,16,18,19)(H2,20,21,22)/b8-6+. The molecule has 0 aromatic carbocycles. The van der Waals surface area contributed by atoms with Crippen LogP contribution >= 0.6 is 7.60 Å². The first-order valence-electron chi connectivity index (χ1n) is 7.83. The summed E-state index contributed by atoms with van der Waals surface area (Å²) < 4.78 is 29.5. The van der Waals surface area contributed by atoms with E-state index in [9.17, 15) is 14.2 Å². The van der Waals surface area contributed by atoms with Gasteiger partial charge in [0.25, 0.3) is 5.56 Å². The predicted octanol–water partition coefficient (Wildman–Crippen LogP) is 0.324. The van der Waals surface area contributed by atoms with E-state index in [0.717, 1.165) is 16.5 Å². The quantitative estimate of drug-likeness (QED) is 0.611. The fourth-order valence-corrected chi connectivity index (χ4v) is 3.06. The Bertz CT molecular complexity index is 818. The van der Waals surface area contributed by atoms with Gasteiger partial charge in [0.1, 0.15) is 18.3 Å². The smallest absolute Gasteiger partial charge is 0.348 e. The zero-order valence-corrected chi connectivity index (χ0v) is 15.8. The summed E-state index contributed by atoms with van der Waals surface area (Å²) in [6.07, 6.45) is -0.879. The van der Waals surface area contributed by atoms with Crippen LogP contribution in [0.1, 0.15) is 27.0 Å². The minimum atomic E-state index is -4.40. The van der Waals surface area contributed by atoms with Gasteiger partial charge in [0, 0.05) is 25.2 Å². The minimum Gasteiger partial charge on any atom is -0.374 e. The van der Waals surface area contributed by atoms with Crippen molar-refractivity contribution in [1.29, 1.82) is 0 Å². The second kappa shape index (κ2) is 7.59. The molecule has 1 aliphatic heterocycles. The van der Waals surface area contributed by atoms with Gasteiger partial charge in [-0.25, -0.2) is 4.79 Å². The molecular weight excluding hydrogens is 367 g/mol. The van der Waals surface area contributed by atoms with Gasteiger partial charge in [-0.1, -0.05) is 0 Å². The first-order chi connectivity index (χ1) is 11.9. The van der Waals surface area contributed by atoms with Crippen molar-refractivity contribution in [2.24, 2.45) is 0 Å². The van der Waals surface area contributed by atoms with Crippen LogP contribution in [-0.4, -0.2) is 50.4 Å². The van der Waals surface area contributed by atoms with E-state index in [1.807, 2.05) is 20.8 Å². The zero-order valence-electron chi connectivity index (χ0n) is 14.9. The molecule has 1 fully saturated rings. The number of hydrogen-bond acceptors (Lipinski definition) is 6. The largest absolute Gasteiger partial charge is 0.374 e. The van der Waals surface area contributed by atoms with Crippen LogP contribution in [0.15, 0.2) is 33.7 Å². The molecule has 26 heavy (non-hydrogen) atoms. The predicted molar refractivity (Wildman–Crippen MR) is 91.8 cm³/mol. The number of rotatable bonds is 5. The van der Waals surface area contributed by atoms with Gasteiger partial charge in [0.15, 0.2) is 6.23 Å². The molecule has 2 rings (SSSR count). The van der Waals surface area contributed by atoms with Crippen LogP contribution in [0, 0.1) is 0 Å². The van der Waals surface area contributed by atoms with Gasteiger partial charge in [-0.05, 0) is 26.8 Å². The number of hydrogen-bond donors (Lipinski definition) is 3. The van der Waals surface area contributed by atoms with Crippen LogP contribution < -0.4 is 11.2 Å². The summed E-state index contributed by atoms with van der Waals surface area (Å²) in [6.45, 7) is 5.43. The average molecular weight is 390 g/mol. The first-order valence-corrected chi connectivity index (χ1v) is 9.51. The van der Waals surface area contributed by atoms with E-state index in [1.165, 1.54) is 19.4 Å². The Hall–Kier alpha value is -1.55. The number of nitrogens with zero attached hydrogens (tertiary/aromatic N) is 1. The third kappa shape index (κ3) is 5.23. The molecule has 0 radical (unpaired) electrons. The molecule has 4 unspecified atom stereocenters. The lowest BCUT2D eigenvalue weighted by atomic mass is 10.1. The SMILES string of the molecule is COC1C(OC(C)(C)C)C(/C=C/P(=O)(O)O)OC1n1ccc(=O)[nH]c1=O. The van der Waals surface area contributed by atoms with Crippen LogP contribution in [-0.2, 0) is 18.8 Å². The van der Waals surface area contributed by atoms with E-state index < -0.39 is 49.0 Å². The van der Waals surface area contributed by atoms with Crippen molar-refractivity contribution in [1.82, 2.24) is 9.55 Å². The molecular formula is C15H23N2O8P. The number of aromatic amines is 1. The summed E-state index contributed by atoms with van der Waals surface area (Å²) in [5.74, 6) is 0.724. The Balaban J connectivity index is 2.44. The number of ether oxygens (including phenoxy) is 3. The number of methoxy groups -OCH3 is 1. The topological polar surface area (TPSA) is 140 Å². The highest BCUT2D eigenvalue weighted by atomic mass is 31.2. The molecule has 0 saturated carbocycles. The molecule has 0 bridgehead atoms. The highest BCUT2D eigenvalue weighted by Gasteiger charge is 2.47. The zero-order chi connectivity index (χ0) is 19.7. The lowest BCUT2D eigenvalue weighted by Gasteiger charge is -2.30. The molecule has 11 heteroatoms. The molecule has 1 saturated heterocycles. The summed E-state index contributed by atoms with van der Waals surface area (Å²) in [7, 11) is -3.00. The molecule has 10 nitrogen and oxygen atoms in total. The van der Waals surface area contributed by atoms with Gasteiger partial charge in [-0.15, -0.1) is 0 Å². The van der Waals surface area contributed by atoms with E-state index in [4.69, 9.17) is 24.0 Å². The first kappa shape index (κ1) is 20.8. The highest BCUT2D eigenvalue weighted by Crippen LogP contribution is 2.40. The van der Waals surface area contributed by atoms with E-state index in [1.54, 1.807) is 0 Å². The van der Waals surface area contributed by atoms with Crippen molar-refractivity contribution in [3.63, 3.8) is 0 Å². The van der Waals surface area contributed by atoms with Crippen LogP contribution in [0.3, 0.4) is 0 Å². The monoisotopic (exact) mass is 390 g/mol. The Morgan fingerprint density at radius 1 is 1.31 bits per heavy atom. The number of aromatic nitrogens is 2. The van der Waals surface area contributed by atoms with Crippen molar-refractivity contribution >= 4 is 7.60 Å². The molecule has 4 atom stereocenters. The Kier molecular flexibility index (Phi) is 6.06. The lowest BCUT2D eigenvalue weighted by Crippen LogP contribution is -2.42. The molecule has 0 spiro atoms. The van der Waals surface area contributed by atoms with Crippen molar-refractivity contribution in [2.45, 2.75) is 50.9 Å². The van der Waals surface area contributed by atoms with Gasteiger partial charge in [-0.3, -0.25) is 18.9 Å². The van der Waals surface area contributed by atoms with Gasteiger partial charge in [0.2, 0.25) is 0 Å². The maximum absolute atomic E-state index is 12.1. The van der Waals surface area contributed by atoms with Gasteiger partial charge in [-0.2, -0.15) is 0 Å². The van der Waals surface area contributed by atoms with Crippen molar-refractivity contribution in [3.8, 4) is 0 Å². The molecule has 1 aromatic rings. The average Bonchev–Trinajstić information content (AvgIpc) is 2.80. The summed E-state index contributed by atoms with van der Waals surface area (Å²) in [6, 6.07) is 1.16. The van der Waals surface area contributed by atoms with Crippen LogP contribution in [0.5, 0.6) is 0 Å². The molecule has 2 heterocycles. The normalized spacial score (nSPS) is 27.3. The summed E-state index contributed by atoms with van der Waals surface area (Å²) in [5.41, 5.74) is -1.86. The lowest BCUT2D eigenvalue weighted by molar-refractivity contribution is -0.115.